The van der Waals surface area contributed by atoms with Gasteiger partial charge in [0.1, 0.15) is 0 Å². The highest BCUT2D eigenvalue weighted by Gasteiger charge is 2.46. The number of benzene rings is 2. The van der Waals surface area contributed by atoms with Gasteiger partial charge in [0.25, 0.3) is 5.91 Å². The molecule has 0 spiro atoms. The van der Waals surface area contributed by atoms with Crippen molar-refractivity contribution in [1.82, 2.24) is 14.9 Å². The van der Waals surface area contributed by atoms with Crippen LogP contribution in [0.4, 0.5) is 0 Å². The molecule has 1 saturated carbocycles. The fraction of sp³-hybridized carbons (Fsp3) is 0.385. The van der Waals surface area contributed by atoms with Crippen LogP contribution in [0.15, 0.2) is 67.1 Å². The standard InChI is InChI=1S/C26H31N3O2/c1-20-11-13-23(14-12-20)26(31,22-9-5-6-10-22)25(30)27-16-15-24-18-29(19-28-24)17-21-7-3-2-4-8-21/h2-4,7-8,11-14,18-19,22,31H,5-6,9-10,15-17H2,1H3,(H,27,30). The zero-order valence-corrected chi connectivity index (χ0v) is 18.1. The van der Waals surface area contributed by atoms with Crippen molar-refractivity contribution >= 4 is 5.91 Å². The maximum atomic E-state index is 13.2. The van der Waals surface area contributed by atoms with Crippen molar-refractivity contribution < 1.29 is 9.90 Å². The van der Waals surface area contributed by atoms with E-state index in [1.54, 1.807) is 0 Å². The fourth-order valence-electron chi connectivity index (χ4n) is 4.56. The Morgan fingerprint density at radius 1 is 1.13 bits per heavy atom. The Morgan fingerprint density at radius 2 is 1.84 bits per heavy atom. The lowest BCUT2D eigenvalue weighted by Gasteiger charge is -2.33. The number of rotatable bonds is 8. The molecule has 1 amide bonds. The Morgan fingerprint density at radius 3 is 2.55 bits per heavy atom. The minimum absolute atomic E-state index is 0.0414. The topological polar surface area (TPSA) is 67.2 Å². The highest BCUT2D eigenvalue weighted by molar-refractivity contribution is 5.86. The van der Waals surface area contributed by atoms with E-state index in [4.69, 9.17) is 0 Å². The van der Waals surface area contributed by atoms with Gasteiger partial charge in [-0.2, -0.15) is 0 Å². The molecule has 1 atom stereocenters. The molecule has 1 fully saturated rings. The summed E-state index contributed by atoms with van der Waals surface area (Å²) >= 11 is 0. The molecular weight excluding hydrogens is 386 g/mol. The summed E-state index contributed by atoms with van der Waals surface area (Å²) in [5, 5.41) is 14.6. The van der Waals surface area contributed by atoms with E-state index < -0.39 is 5.60 Å². The van der Waals surface area contributed by atoms with Gasteiger partial charge in [-0.15, -0.1) is 0 Å². The van der Waals surface area contributed by atoms with Crippen LogP contribution in [0.5, 0.6) is 0 Å². The van der Waals surface area contributed by atoms with Crippen molar-refractivity contribution in [3.63, 3.8) is 0 Å². The van der Waals surface area contributed by atoms with Crippen LogP contribution in [0, 0.1) is 12.8 Å². The van der Waals surface area contributed by atoms with E-state index in [0.717, 1.165) is 43.5 Å². The van der Waals surface area contributed by atoms with Gasteiger partial charge in [0.05, 0.1) is 12.0 Å². The van der Waals surface area contributed by atoms with Crippen molar-refractivity contribution in [3.8, 4) is 0 Å². The molecule has 1 aliphatic rings. The third-order valence-electron chi connectivity index (χ3n) is 6.35. The summed E-state index contributed by atoms with van der Waals surface area (Å²) in [6.07, 6.45) is 8.34. The average molecular weight is 418 g/mol. The van der Waals surface area contributed by atoms with Crippen LogP contribution in [0.1, 0.15) is 48.1 Å². The third-order valence-corrected chi connectivity index (χ3v) is 6.35. The first kappa shape index (κ1) is 21.3. The van der Waals surface area contributed by atoms with Crippen molar-refractivity contribution in [3.05, 3.63) is 89.5 Å². The van der Waals surface area contributed by atoms with E-state index in [1.807, 2.05) is 66.5 Å². The van der Waals surface area contributed by atoms with E-state index >= 15 is 0 Å². The molecule has 0 radical (unpaired) electrons. The summed E-state index contributed by atoms with van der Waals surface area (Å²) in [5.41, 5.74) is 2.48. The van der Waals surface area contributed by atoms with E-state index in [2.05, 4.69) is 22.4 Å². The molecule has 2 aromatic carbocycles. The molecule has 31 heavy (non-hydrogen) atoms. The number of carbonyl (C=O) groups is 1. The maximum Gasteiger partial charge on any atom is 0.256 e. The van der Waals surface area contributed by atoms with Gasteiger partial charge in [-0.3, -0.25) is 4.79 Å². The van der Waals surface area contributed by atoms with E-state index in [1.165, 1.54) is 5.56 Å². The Labute approximate surface area is 184 Å². The molecule has 3 aromatic rings. The predicted molar refractivity (Wildman–Crippen MR) is 122 cm³/mol. The zero-order valence-electron chi connectivity index (χ0n) is 18.1. The van der Waals surface area contributed by atoms with Gasteiger partial charge in [0.15, 0.2) is 5.60 Å². The molecular formula is C26H31N3O2. The Bertz CT molecular complexity index is 991. The van der Waals surface area contributed by atoms with Crippen LogP contribution in [0.25, 0.3) is 0 Å². The molecule has 1 aromatic heterocycles. The molecule has 1 aliphatic carbocycles. The fourth-order valence-corrected chi connectivity index (χ4v) is 4.56. The molecule has 5 heteroatoms. The number of hydrogen-bond donors (Lipinski definition) is 2. The van der Waals surface area contributed by atoms with Crippen LogP contribution in [-0.2, 0) is 23.4 Å². The van der Waals surface area contributed by atoms with Crippen LogP contribution >= 0.6 is 0 Å². The maximum absolute atomic E-state index is 13.2. The Kier molecular flexibility index (Phi) is 6.52. The molecule has 5 nitrogen and oxygen atoms in total. The Balaban J connectivity index is 1.39. The molecule has 4 rings (SSSR count). The van der Waals surface area contributed by atoms with Gasteiger partial charge in [-0.25, -0.2) is 4.98 Å². The number of aryl methyl sites for hydroxylation is 1. The van der Waals surface area contributed by atoms with Gasteiger partial charge in [-0.1, -0.05) is 73.0 Å². The summed E-state index contributed by atoms with van der Waals surface area (Å²) in [5.74, 6) is -0.341. The van der Waals surface area contributed by atoms with Gasteiger partial charge >= 0.3 is 0 Å². The van der Waals surface area contributed by atoms with Gasteiger partial charge < -0.3 is 15.0 Å². The second kappa shape index (κ2) is 9.48. The first-order chi connectivity index (χ1) is 15.1. The molecule has 0 saturated heterocycles. The van der Waals surface area contributed by atoms with Crippen LogP contribution in [0.3, 0.4) is 0 Å². The highest BCUT2D eigenvalue weighted by atomic mass is 16.3. The largest absolute Gasteiger partial charge is 0.375 e. The van der Waals surface area contributed by atoms with Crippen molar-refractivity contribution in [2.24, 2.45) is 5.92 Å². The summed E-state index contributed by atoms with van der Waals surface area (Å²) in [6.45, 7) is 3.23. The van der Waals surface area contributed by atoms with Gasteiger partial charge in [-0.05, 0) is 30.9 Å². The molecule has 0 bridgehead atoms. The summed E-state index contributed by atoms with van der Waals surface area (Å²) in [7, 11) is 0. The van der Waals surface area contributed by atoms with Crippen molar-refractivity contribution in [1.29, 1.82) is 0 Å². The molecule has 0 aliphatic heterocycles. The number of nitrogens with zero attached hydrogens (tertiary/aromatic N) is 2. The lowest BCUT2D eigenvalue weighted by Crippen LogP contribution is -2.49. The quantitative estimate of drug-likeness (QED) is 0.583. The van der Waals surface area contributed by atoms with Gasteiger partial charge in [0, 0.05) is 31.6 Å². The number of imidazole rings is 1. The smallest absolute Gasteiger partial charge is 0.256 e. The summed E-state index contributed by atoms with van der Waals surface area (Å²) in [4.78, 5) is 17.7. The number of amides is 1. The highest BCUT2D eigenvalue weighted by Crippen LogP contribution is 2.40. The monoisotopic (exact) mass is 417 g/mol. The molecule has 1 heterocycles. The van der Waals surface area contributed by atoms with Crippen LogP contribution < -0.4 is 5.32 Å². The SMILES string of the molecule is Cc1ccc(C(O)(C(=O)NCCc2cn(Cc3ccccc3)cn2)C2CCCC2)cc1. The van der Waals surface area contributed by atoms with E-state index in [-0.39, 0.29) is 11.8 Å². The molecule has 162 valence electrons. The number of aliphatic hydroxyl groups is 1. The molecule has 2 N–H and O–H groups in total. The van der Waals surface area contributed by atoms with Gasteiger partial charge in [0.2, 0.25) is 0 Å². The zero-order chi connectivity index (χ0) is 21.7. The number of carbonyl (C=O) groups excluding carboxylic acids is 1. The minimum atomic E-state index is -1.48. The second-order valence-electron chi connectivity index (χ2n) is 8.64. The first-order valence-corrected chi connectivity index (χ1v) is 11.2. The number of aromatic nitrogens is 2. The van der Waals surface area contributed by atoms with E-state index in [9.17, 15) is 9.90 Å². The lowest BCUT2D eigenvalue weighted by molar-refractivity contribution is -0.147. The molecule has 1 unspecified atom stereocenters. The first-order valence-electron chi connectivity index (χ1n) is 11.2. The Hall–Kier alpha value is -2.92. The van der Waals surface area contributed by atoms with Crippen LogP contribution in [0.2, 0.25) is 0 Å². The number of hydrogen-bond acceptors (Lipinski definition) is 3. The lowest BCUT2D eigenvalue weighted by atomic mass is 9.79. The third kappa shape index (κ3) is 4.88. The van der Waals surface area contributed by atoms with Crippen molar-refractivity contribution in [2.45, 2.75) is 51.2 Å². The van der Waals surface area contributed by atoms with Crippen molar-refractivity contribution in [2.75, 3.05) is 6.54 Å². The average Bonchev–Trinajstić information content (AvgIpc) is 3.47. The van der Waals surface area contributed by atoms with Crippen LogP contribution in [-0.4, -0.2) is 27.1 Å². The minimum Gasteiger partial charge on any atom is -0.375 e. The normalized spacial score (nSPS) is 16.2. The predicted octanol–water partition coefficient (Wildman–Crippen LogP) is 3.98. The second-order valence-corrected chi connectivity index (χ2v) is 8.64. The van der Waals surface area contributed by atoms with E-state index in [0.29, 0.717) is 18.5 Å². The number of nitrogens with one attached hydrogen (secondary N) is 1. The summed E-state index contributed by atoms with van der Waals surface area (Å²) in [6, 6.07) is 17.9. The summed E-state index contributed by atoms with van der Waals surface area (Å²) < 4.78 is 2.05.